The van der Waals surface area contributed by atoms with E-state index in [0.717, 1.165) is 10.5 Å². The number of guanidine groups is 1. The van der Waals surface area contributed by atoms with Gasteiger partial charge in [-0.1, -0.05) is 102 Å². The van der Waals surface area contributed by atoms with Crippen LogP contribution < -0.4 is 43.4 Å². The summed E-state index contributed by atoms with van der Waals surface area (Å²) in [5.41, 5.74) is 12.1. The second-order valence-electron chi connectivity index (χ2n) is 18.2. The summed E-state index contributed by atoms with van der Waals surface area (Å²) in [5.74, 6) is -12.9. The largest absolute Gasteiger partial charge is 0.480 e. The van der Waals surface area contributed by atoms with Gasteiger partial charge in [-0.2, -0.15) is 0 Å². The lowest BCUT2D eigenvalue weighted by Gasteiger charge is -2.29. The minimum Gasteiger partial charge on any atom is -0.480 e. The van der Waals surface area contributed by atoms with Crippen LogP contribution in [0.2, 0.25) is 0 Å². The van der Waals surface area contributed by atoms with E-state index in [0.29, 0.717) is 18.4 Å². The number of aliphatic hydroxyl groups excluding tert-OH is 1. The molecular formula is C49H74N10O12. The quantitative estimate of drug-likeness (QED) is 0.0372. The fourth-order valence-electron chi connectivity index (χ4n) is 7.27. The standard InChI is InChI=1S/C49H74N10O12/c1-10-26(2)24-37-46(67)58-40(48(70)71)30(6)42(63)55-35(17-14-22-52-49(50)51)45(66)54-34(19-18-27(3)23-28(4)38(60)25-33-15-12-11-13-16-33)29(5)41(62)56-36(47(68)69)20-21-39(61)59(9)32(8)44(65)53-31(7)43(64)57-37/h11-13,15-16,18-19,23,26,28-31,34-38,40,60H,8,10,14,17,20-22,24-25H2,1-7,9H3,(H,53,65)(H,54,66)(H,55,63)(H,56,62)(H,57,64)(H,58,67)(H,68,69)(H,70,71)(H4,50,51,52). The number of carbonyl (C=O) groups excluding carboxylic acids is 7. The topological polar surface area (TPSA) is 354 Å². The Morgan fingerprint density at radius 3 is 2.04 bits per heavy atom. The van der Waals surface area contributed by atoms with Crippen LogP contribution in [0.5, 0.6) is 0 Å². The molecule has 11 unspecified atom stereocenters. The molecular weight excluding hydrogens is 921 g/mol. The van der Waals surface area contributed by atoms with Gasteiger partial charge in [-0.15, -0.1) is 0 Å². The molecule has 2 rings (SSSR count). The molecule has 0 radical (unpaired) electrons. The Kier molecular flexibility index (Phi) is 24.7. The highest BCUT2D eigenvalue weighted by molar-refractivity contribution is 6.00. The second kappa shape index (κ2) is 29.2. The van der Waals surface area contributed by atoms with E-state index in [2.05, 4.69) is 43.5 Å². The zero-order valence-electron chi connectivity index (χ0n) is 41.9. The molecule has 22 nitrogen and oxygen atoms in total. The van der Waals surface area contributed by atoms with Crippen molar-refractivity contribution in [2.75, 3.05) is 13.6 Å². The number of aliphatic hydroxyl groups is 1. The maximum atomic E-state index is 14.3. The van der Waals surface area contributed by atoms with Crippen LogP contribution in [0.4, 0.5) is 0 Å². The average molecular weight is 995 g/mol. The average Bonchev–Trinajstić information content (AvgIpc) is 3.31. The Hall–Kier alpha value is -7.10. The van der Waals surface area contributed by atoms with Crippen molar-refractivity contribution >= 4 is 59.2 Å². The fraction of sp³-hybridized carbons (Fsp3) is 0.551. The van der Waals surface area contributed by atoms with Gasteiger partial charge >= 0.3 is 11.9 Å². The molecule has 22 heteroatoms. The lowest BCUT2D eigenvalue weighted by molar-refractivity contribution is -0.146. The zero-order valence-corrected chi connectivity index (χ0v) is 41.9. The Morgan fingerprint density at radius 1 is 0.845 bits per heavy atom. The first kappa shape index (κ1) is 60.0. The van der Waals surface area contributed by atoms with Crippen molar-refractivity contribution in [3.8, 4) is 0 Å². The van der Waals surface area contributed by atoms with Crippen molar-refractivity contribution in [3.05, 3.63) is 72.0 Å². The molecule has 0 aromatic heterocycles. The van der Waals surface area contributed by atoms with Crippen LogP contribution in [0.25, 0.3) is 0 Å². The van der Waals surface area contributed by atoms with Gasteiger partial charge in [0.05, 0.1) is 24.0 Å². The molecule has 1 aliphatic heterocycles. The molecule has 71 heavy (non-hydrogen) atoms. The van der Waals surface area contributed by atoms with Crippen molar-refractivity contribution in [2.45, 2.75) is 136 Å². The van der Waals surface area contributed by atoms with Crippen molar-refractivity contribution in [1.29, 1.82) is 0 Å². The molecule has 0 spiro atoms. The number of nitrogens with two attached hydrogens (primary N) is 2. The molecule has 1 fully saturated rings. The first-order valence-electron chi connectivity index (χ1n) is 23.6. The van der Waals surface area contributed by atoms with Crippen LogP contribution in [0.3, 0.4) is 0 Å². The number of nitrogens with zero attached hydrogens (tertiary/aromatic N) is 2. The minimum absolute atomic E-state index is 0.0142. The Morgan fingerprint density at radius 2 is 1.45 bits per heavy atom. The van der Waals surface area contributed by atoms with Gasteiger partial charge in [-0.05, 0) is 57.4 Å². The molecule has 1 heterocycles. The van der Waals surface area contributed by atoms with Crippen molar-refractivity contribution in [1.82, 2.24) is 36.8 Å². The number of hydrogen-bond donors (Lipinski definition) is 11. The number of hydrogen-bond acceptors (Lipinski definition) is 11. The summed E-state index contributed by atoms with van der Waals surface area (Å²) in [7, 11) is 1.21. The van der Waals surface area contributed by atoms with Gasteiger partial charge in [-0.3, -0.25) is 38.6 Å². The molecule has 392 valence electrons. The van der Waals surface area contributed by atoms with Crippen LogP contribution >= 0.6 is 0 Å². The number of likely N-dealkylation sites (N-methyl/N-ethyl adjacent to an activating group) is 1. The monoisotopic (exact) mass is 995 g/mol. The van der Waals surface area contributed by atoms with Crippen LogP contribution in [0.15, 0.2) is 71.4 Å². The van der Waals surface area contributed by atoms with Gasteiger partial charge in [0.2, 0.25) is 35.4 Å². The van der Waals surface area contributed by atoms with Gasteiger partial charge in [0.25, 0.3) is 5.91 Å². The van der Waals surface area contributed by atoms with Crippen molar-refractivity contribution in [2.24, 2.45) is 40.1 Å². The SMILES string of the molecule is C=C1C(=O)NC(C)C(=O)NC(CC(C)CC)C(=O)NC(C(=O)O)C(C)C(=O)NC(CCCN=C(N)N)C(=O)NC(C=CC(C)=CC(C)C(O)Cc2ccccc2)C(C)C(=O)NC(C(=O)O)CCC(=O)N1C. The number of allylic oxidation sites excluding steroid dienone is 2. The summed E-state index contributed by atoms with van der Waals surface area (Å²) in [6.07, 6.45) is 4.10. The van der Waals surface area contributed by atoms with E-state index in [1.54, 1.807) is 26.0 Å². The molecule has 1 aromatic carbocycles. The number of carboxylic acids is 2. The van der Waals surface area contributed by atoms with Crippen LogP contribution in [-0.2, 0) is 49.6 Å². The third kappa shape index (κ3) is 20.0. The maximum absolute atomic E-state index is 14.3. The fourth-order valence-corrected chi connectivity index (χ4v) is 7.27. The summed E-state index contributed by atoms with van der Waals surface area (Å²) >= 11 is 0. The first-order chi connectivity index (χ1) is 33.3. The van der Waals surface area contributed by atoms with Crippen LogP contribution in [0.1, 0.15) is 92.6 Å². The lowest BCUT2D eigenvalue weighted by Crippen LogP contribution is -2.59. The predicted molar refractivity (Wildman–Crippen MR) is 264 cm³/mol. The smallest absolute Gasteiger partial charge is 0.327 e. The molecule has 13 N–H and O–H groups in total. The Balaban J connectivity index is 2.72. The molecule has 0 bridgehead atoms. The molecule has 0 aliphatic carbocycles. The first-order valence-corrected chi connectivity index (χ1v) is 23.6. The second-order valence-corrected chi connectivity index (χ2v) is 18.2. The van der Waals surface area contributed by atoms with E-state index in [1.807, 2.05) is 44.2 Å². The number of nitrogens with one attached hydrogen (secondary N) is 6. The number of benzene rings is 1. The highest BCUT2D eigenvalue weighted by Crippen LogP contribution is 2.18. The molecule has 1 aliphatic rings. The maximum Gasteiger partial charge on any atom is 0.327 e. The molecule has 0 saturated carbocycles. The number of carbonyl (C=O) groups is 9. The van der Waals surface area contributed by atoms with E-state index in [1.165, 1.54) is 33.9 Å². The van der Waals surface area contributed by atoms with E-state index < -0.39 is 126 Å². The number of amides is 7. The Bertz CT molecular complexity index is 2160. The van der Waals surface area contributed by atoms with E-state index in [4.69, 9.17) is 11.5 Å². The number of carboxylic acid groups (broad SMARTS) is 2. The van der Waals surface area contributed by atoms with Gasteiger partial charge in [0.15, 0.2) is 5.96 Å². The molecule has 11 atom stereocenters. The van der Waals surface area contributed by atoms with Crippen LogP contribution in [0, 0.1) is 23.7 Å². The Labute approximate surface area is 415 Å². The van der Waals surface area contributed by atoms with Gasteiger partial charge in [-0.25, -0.2) is 9.59 Å². The van der Waals surface area contributed by atoms with Gasteiger partial charge < -0.3 is 63.6 Å². The van der Waals surface area contributed by atoms with Crippen LogP contribution in [-0.4, -0.2) is 135 Å². The summed E-state index contributed by atoms with van der Waals surface area (Å²) in [6, 6.07) is 0.536. The number of rotatable bonds is 15. The molecule has 1 aromatic rings. The third-order valence-electron chi connectivity index (χ3n) is 12.3. The highest BCUT2D eigenvalue weighted by Gasteiger charge is 2.37. The van der Waals surface area contributed by atoms with Crippen molar-refractivity contribution in [3.63, 3.8) is 0 Å². The van der Waals surface area contributed by atoms with E-state index >= 15 is 0 Å². The predicted octanol–water partition coefficient (Wildman–Crippen LogP) is 0.354. The summed E-state index contributed by atoms with van der Waals surface area (Å²) < 4.78 is 0. The summed E-state index contributed by atoms with van der Waals surface area (Å²) in [6.45, 7) is 14.8. The number of aliphatic carboxylic acids is 2. The van der Waals surface area contributed by atoms with E-state index in [-0.39, 0.29) is 43.6 Å². The molecule has 1 saturated heterocycles. The van der Waals surface area contributed by atoms with Gasteiger partial charge in [0, 0.05) is 25.9 Å². The van der Waals surface area contributed by atoms with E-state index in [9.17, 15) is 58.5 Å². The van der Waals surface area contributed by atoms with Gasteiger partial charge in [0.1, 0.15) is 35.9 Å². The zero-order chi connectivity index (χ0) is 53.7. The third-order valence-corrected chi connectivity index (χ3v) is 12.3. The summed E-state index contributed by atoms with van der Waals surface area (Å²) in [4.78, 5) is 126. The normalized spacial score (nSPS) is 25.7. The highest BCUT2D eigenvalue weighted by atomic mass is 16.4. The van der Waals surface area contributed by atoms with Crippen molar-refractivity contribution < 1.29 is 58.5 Å². The minimum atomic E-state index is -1.89. The summed E-state index contributed by atoms with van der Waals surface area (Å²) in [5, 5.41) is 46.5. The lowest BCUT2D eigenvalue weighted by atomic mass is 9.94. The number of aliphatic imine (C=N–C) groups is 1. The molecule has 7 amide bonds.